The molecule has 2 nitrogen and oxygen atoms in total. The summed E-state index contributed by atoms with van der Waals surface area (Å²) < 4.78 is 0. The van der Waals surface area contributed by atoms with Gasteiger partial charge in [-0.25, -0.2) is 0 Å². The molecule has 0 saturated heterocycles. The molecule has 0 heterocycles. The largest absolute Gasteiger partial charge is 0.325 e. The highest BCUT2D eigenvalue weighted by Crippen LogP contribution is 2.22. The van der Waals surface area contributed by atoms with Crippen LogP contribution in [-0.2, 0) is 4.79 Å². The van der Waals surface area contributed by atoms with Crippen LogP contribution in [0.25, 0.3) is 0 Å². The van der Waals surface area contributed by atoms with Gasteiger partial charge in [-0.05, 0) is 29.8 Å². The van der Waals surface area contributed by atoms with Gasteiger partial charge >= 0.3 is 0 Å². The molecule has 0 spiro atoms. The summed E-state index contributed by atoms with van der Waals surface area (Å²) in [4.78, 5) is 11.9. The van der Waals surface area contributed by atoms with E-state index in [1.165, 1.54) is 0 Å². The van der Waals surface area contributed by atoms with Gasteiger partial charge in [0.25, 0.3) is 0 Å². The van der Waals surface area contributed by atoms with Crippen molar-refractivity contribution in [3.63, 3.8) is 0 Å². The van der Waals surface area contributed by atoms with E-state index in [-0.39, 0.29) is 5.91 Å². The zero-order valence-corrected chi connectivity index (χ0v) is 10.9. The molecule has 0 aromatic heterocycles. The Morgan fingerprint density at radius 2 is 1.61 bits per heavy atom. The zero-order chi connectivity index (χ0) is 13.0. The number of nitrogens with one attached hydrogen (secondary N) is 1. The minimum Gasteiger partial charge on any atom is -0.325 e. The van der Waals surface area contributed by atoms with Crippen molar-refractivity contribution in [2.45, 2.75) is 5.38 Å². The van der Waals surface area contributed by atoms with Crippen LogP contribution in [0, 0.1) is 0 Å². The molecule has 0 aliphatic rings. The maximum absolute atomic E-state index is 11.9. The maximum atomic E-state index is 11.9. The van der Waals surface area contributed by atoms with E-state index in [0.29, 0.717) is 10.7 Å². The molecule has 1 atom stereocenters. The molecule has 0 radical (unpaired) electrons. The maximum Gasteiger partial charge on any atom is 0.246 e. The van der Waals surface area contributed by atoms with Crippen LogP contribution in [0.2, 0.25) is 5.02 Å². The van der Waals surface area contributed by atoms with Gasteiger partial charge < -0.3 is 5.32 Å². The number of alkyl halides is 1. The van der Waals surface area contributed by atoms with E-state index in [0.717, 1.165) is 5.56 Å². The molecule has 0 bridgehead atoms. The third kappa shape index (κ3) is 3.25. The molecule has 0 aliphatic carbocycles. The topological polar surface area (TPSA) is 29.1 Å². The van der Waals surface area contributed by atoms with Gasteiger partial charge in [-0.1, -0.05) is 41.9 Å². The van der Waals surface area contributed by atoms with Gasteiger partial charge in [0, 0.05) is 10.7 Å². The van der Waals surface area contributed by atoms with Gasteiger partial charge in [0.15, 0.2) is 0 Å². The minimum atomic E-state index is -0.707. The normalized spacial score (nSPS) is 11.9. The Kier molecular flexibility index (Phi) is 4.24. The first kappa shape index (κ1) is 12.9. The van der Waals surface area contributed by atoms with Crippen molar-refractivity contribution in [3.05, 3.63) is 65.2 Å². The Morgan fingerprint density at radius 3 is 2.22 bits per heavy atom. The van der Waals surface area contributed by atoms with Crippen LogP contribution >= 0.6 is 23.2 Å². The van der Waals surface area contributed by atoms with E-state index in [4.69, 9.17) is 23.2 Å². The van der Waals surface area contributed by atoms with Crippen molar-refractivity contribution in [3.8, 4) is 0 Å². The summed E-state index contributed by atoms with van der Waals surface area (Å²) in [7, 11) is 0. The van der Waals surface area contributed by atoms with Gasteiger partial charge in [0.1, 0.15) is 5.38 Å². The summed E-state index contributed by atoms with van der Waals surface area (Å²) >= 11 is 11.9. The van der Waals surface area contributed by atoms with Crippen molar-refractivity contribution >= 4 is 34.8 Å². The number of benzene rings is 2. The monoisotopic (exact) mass is 279 g/mol. The van der Waals surface area contributed by atoms with E-state index < -0.39 is 5.38 Å². The van der Waals surface area contributed by atoms with Crippen molar-refractivity contribution < 1.29 is 4.79 Å². The fourth-order valence-electron chi connectivity index (χ4n) is 1.51. The van der Waals surface area contributed by atoms with Crippen LogP contribution in [0.3, 0.4) is 0 Å². The predicted molar refractivity (Wildman–Crippen MR) is 75.1 cm³/mol. The highest BCUT2D eigenvalue weighted by atomic mass is 35.5. The number of anilines is 1. The van der Waals surface area contributed by atoms with Gasteiger partial charge in [-0.2, -0.15) is 0 Å². The lowest BCUT2D eigenvalue weighted by Crippen LogP contribution is -2.17. The van der Waals surface area contributed by atoms with Crippen LogP contribution in [0.15, 0.2) is 54.6 Å². The Labute approximate surface area is 116 Å². The Hall–Kier alpha value is -1.51. The average Bonchev–Trinajstić information content (AvgIpc) is 2.41. The molecule has 2 aromatic carbocycles. The molecule has 1 N–H and O–H groups in total. The quantitative estimate of drug-likeness (QED) is 0.836. The Balaban J connectivity index is 2.06. The summed E-state index contributed by atoms with van der Waals surface area (Å²) in [6, 6.07) is 16.1. The fraction of sp³-hybridized carbons (Fsp3) is 0.0714. The third-order valence-electron chi connectivity index (χ3n) is 2.43. The van der Waals surface area contributed by atoms with Crippen LogP contribution < -0.4 is 5.32 Å². The number of rotatable bonds is 3. The second-order valence-corrected chi connectivity index (χ2v) is 4.64. The molecule has 2 rings (SSSR count). The van der Waals surface area contributed by atoms with E-state index in [9.17, 15) is 4.79 Å². The molecule has 18 heavy (non-hydrogen) atoms. The SMILES string of the molecule is O=C(Nc1ccc(Cl)cc1)[C@@H](Cl)c1ccccc1. The van der Waals surface area contributed by atoms with Gasteiger partial charge in [0.05, 0.1) is 0 Å². The molecule has 0 saturated carbocycles. The Bertz CT molecular complexity index is 525. The Morgan fingerprint density at radius 1 is 1.00 bits per heavy atom. The number of carbonyl (C=O) groups is 1. The lowest BCUT2D eigenvalue weighted by atomic mass is 10.1. The van der Waals surface area contributed by atoms with Gasteiger partial charge in [-0.3, -0.25) is 4.79 Å². The van der Waals surface area contributed by atoms with Crippen LogP contribution in [0.5, 0.6) is 0 Å². The van der Waals surface area contributed by atoms with Gasteiger partial charge in [0.2, 0.25) is 5.91 Å². The molecular formula is C14H11Cl2NO. The molecule has 0 aliphatic heterocycles. The molecule has 0 unspecified atom stereocenters. The minimum absolute atomic E-state index is 0.259. The molecular weight excluding hydrogens is 269 g/mol. The van der Waals surface area contributed by atoms with Crippen molar-refractivity contribution in [1.82, 2.24) is 0 Å². The van der Waals surface area contributed by atoms with Gasteiger partial charge in [-0.15, -0.1) is 11.6 Å². The number of hydrogen-bond acceptors (Lipinski definition) is 1. The molecule has 92 valence electrons. The lowest BCUT2D eigenvalue weighted by Gasteiger charge is -2.10. The summed E-state index contributed by atoms with van der Waals surface area (Å²) in [6.07, 6.45) is 0. The number of halogens is 2. The van der Waals surface area contributed by atoms with Crippen LogP contribution in [-0.4, -0.2) is 5.91 Å². The average molecular weight is 280 g/mol. The molecule has 1 amide bonds. The van der Waals surface area contributed by atoms with E-state index >= 15 is 0 Å². The van der Waals surface area contributed by atoms with Crippen molar-refractivity contribution in [1.29, 1.82) is 0 Å². The summed E-state index contributed by atoms with van der Waals surface area (Å²) in [6.45, 7) is 0. The second-order valence-electron chi connectivity index (χ2n) is 3.77. The highest BCUT2D eigenvalue weighted by molar-refractivity contribution is 6.32. The number of carbonyl (C=O) groups excluding carboxylic acids is 1. The number of amides is 1. The first-order valence-corrected chi connectivity index (χ1v) is 6.24. The fourth-order valence-corrected chi connectivity index (χ4v) is 1.84. The van der Waals surface area contributed by atoms with E-state index in [1.807, 2.05) is 30.3 Å². The molecule has 0 fully saturated rings. The predicted octanol–water partition coefficient (Wildman–Crippen LogP) is 4.26. The second kappa shape index (κ2) is 5.89. The first-order chi connectivity index (χ1) is 8.66. The van der Waals surface area contributed by atoms with Crippen molar-refractivity contribution in [2.75, 3.05) is 5.32 Å². The summed E-state index contributed by atoms with van der Waals surface area (Å²) in [5.41, 5.74) is 1.44. The molecule has 2 aromatic rings. The smallest absolute Gasteiger partial charge is 0.246 e. The standard InChI is InChI=1S/C14H11Cl2NO/c15-11-6-8-12(9-7-11)17-14(18)13(16)10-4-2-1-3-5-10/h1-9,13H,(H,17,18)/t13-/m0/s1. The van der Waals surface area contributed by atoms with E-state index in [2.05, 4.69) is 5.32 Å². The lowest BCUT2D eigenvalue weighted by molar-refractivity contribution is -0.116. The molecule has 4 heteroatoms. The van der Waals surface area contributed by atoms with Crippen LogP contribution in [0.1, 0.15) is 10.9 Å². The first-order valence-electron chi connectivity index (χ1n) is 5.42. The third-order valence-corrected chi connectivity index (χ3v) is 3.14. The summed E-state index contributed by atoms with van der Waals surface area (Å²) in [5, 5.41) is 2.65. The number of hydrogen-bond donors (Lipinski definition) is 1. The van der Waals surface area contributed by atoms with E-state index in [1.54, 1.807) is 24.3 Å². The summed E-state index contributed by atoms with van der Waals surface area (Å²) in [5.74, 6) is -0.259. The zero-order valence-electron chi connectivity index (χ0n) is 9.44. The van der Waals surface area contributed by atoms with Crippen LogP contribution in [0.4, 0.5) is 5.69 Å². The van der Waals surface area contributed by atoms with Crippen molar-refractivity contribution in [2.24, 2.45) is 0 Å². The highest BCUT2D eigenvalue weighted by Gasteiger charge is 2.17.